The molecule has 600 valence electrons. The van der Waals surface area contributed by atoms with Gasteiger partial charge in [0.1, 0.15) is 17.9 Å². The molecule has 0 radical (unpaired) electrons. The van der Waals surface area contributed by atoms with Gasteiger partial charge in [-0.25, -0.2) is 14.8 Å². The standard InChI is InChI=1S/C43H64N4O6.C38H62N2O5.C5H4N2O2.ClH/c1-7-12-29(37(51)35(50)21-27-15-16-27)22-33(48)32-24-43(41(5,6)42(43)17-11-18-42)26-47(32)39(53)30(40(2,3)4)23-34(49)36(28-13-9-8-10-14-28)46-38(52)31-25-44-19-20-45-31;1-7-12-26(33(44)31(43)19-24-15-16-24)20-29(41)28-22-38(36(5,6)37(38)17-11-18-37)23-40(28)34(45)27(35(2,3)4)21-30(42)32(39)25-13-9-8-10-14-25;8-5(9)4-3-6-1-2-7-4;/h19-20,25,27-30,32,36-37,51H,7-18,21-24,26H2,1-6H3,(H,46,52);24-28,32-33,44H,7-23,39H2,1-6H3;1-3H,(H,8,9);1H/t29?,30-,32+,36+,37?,43-;26?,27-,28+,32+,33?,38-;;/m11../s1. The van der Waals surface area contributed by atoms with Crippen molar-refractivity contribution in [3.8, 4) is 0 Å². The predicted molar refractivity (Wildman–Crippen MR) is 414 cm³/mol. The molecule has 4 spiro atoms. The molecule has 2 aromatic rings. The minimum atomic E-state index is -1.18. The summed E-state index contributed by atoms with van der Waals surface area (Å²) in [7, 11) is 0. The van der Waals surface area contributed by atoms with E-state index in [1.807, 2.05) is 65.2 Å². The van der Waals surface area contributed by atoms with E-state index in [4.69, 9.17) is 10.8 Å². The van der Waals surface area contributed by atoms with Gasteiger partial charge in [0.15, 0.2) is 40.4 Å². The van der Waals surface area contributed by atoms with Crippen LogP contribution in [0.25, 0.3) is 0 Å². The van der Waals surface area contributed by atoms with Crippen LogP contribution in [0.5, 0.6) is 0 Å². The number of aromatic nitrogens is 4. The van der Waals surface area contributed by atoms with Crippen LogP contribution in [0.2, 0.25) is 0 Å². The third kappa shape index (κ3) is 17.7. The highest BCUT2D eigenvalue weighted by molar-refractivity contribution is 5.99. The minimum Gasteiger partial charge on any atom is -0.476 e. The van der Waals surface area contributed by atoms with E-state index in [0.29, 0.717) is 63.5 Å². The van der Waals surface area contributed by atoms with Gasteiger partial charge in [-0.3, -0.25) is 53.1 Å². The van der Waals surface area contributed by atoms with Crippen molar-refractivity contribution in [1.82, 2.24) is 35.1 Å². The molecular formula is C86H131ClN8O13. The summed E-state index contributed by atoms with van der Waals surface area (Å²) in [5.74, 6) is -3.72. The molecule has 8 aliphatic carbocycles. The second kappa shape index (κ2) is 34.7. The van der Waals surface area contributed by atoms with E-state index in [0.717, 1.165) is 128 Å². The smallest absolute Gasteiger partial charge is 0.356 e. The number of hydrogen-bond donors (Lipinski definition) is 5. The fourth-order valence-electron chi connectivity index (χ4n) is 21.8. The molecule has 0 bridgehead atoms. The van der Waals surface area contributed by atoms with Gasteiger partial charge in [0.05, 0.1) is 36.6 Å². The van der Waals surface area contributed by atoms with Gasteiger partial charge >= 0.3 is 5.97 Å². The first-order valence-electron chi connectivity index (χ1n) is 41.4. The molecule has 6 N–H and O–H groups in total. The minimum absolute atomic E-state index is 0. The maximum Gasteiger partial charge on any atom is 0.356 e. The number of carboxylic acid groups (broad SMARTS) is 1. The average Bonchev–Trinajstić information content (AvgIpc) is 1.46. The number of amides is 3. The molecule has 108 heavy (non-hydrogen) atoms. The molecule has 4 heterocycles. The SMILES string of the molecule is CCCC(CC(=O)[C@@H]1C[C@@]2(CN1C(=O)[C@@H](CC(=O)[C@@H](N)C1CCCCC1)C(C)(C)C)C(C)(C)C21CCC1)C(O)C(=O)CC1CC1.CCCC(CC(=O)[C@@H]1C[C@@]2(CN1C(=O)[C@@H](CC(=O)[C@@H](NC(=O)c1cnccn1)C1CCCCC1)C(C)(C)C)C(C)(C)C21CCC1)C(O)C(=O)CC1CC1.Cl.O=C(O)c1cnccn1. The van der Waals surface area contributed by atoms with Crippen molar-refractivity contribution in [1.29, 1.82) is 0 Å². The highest BCUT2D eigenvalue weighted by Gasteiger charge is 2.86. The fourth-order valence-corrected chi connectivity index (χ4v) is 21.8. The molecule has 2 aliphatic heterocycles. The molecule has 4 unspecified atom stereocenters. The van der Waals surface area contributed by atoms with E-state index in [1.54, 1.807) is 0 Å². The Morgan fingerprint density at radius 2 is 0.907 bits per heavy atom. The highest BCUT2D eigenvalue weighted by Crippen LogP contribution is 2.89. The number of aromatic carboxylic acids is 1. The summed E-state index contributed by atoms with van der Waals surface area (Å²) in [5.41, 5.74) is 5.54. The van der Waals surface area contributed by atoms with Crippen molar-refractivity contribution in [3.05, 3.63) is 48.6 Å². The Morgan fingerprint density at radius 1 is 0.519 bits per heavy atom. The first-order valence-corrected chi connectivity index (χ1v) is 41.4. The summed E-state index contributed by atoms with van der Waals surface area (Å²) in [6.07, 6.45) is 31.8. The van der Waals surface area contributed by atoms with E-state index < -0.39 is 82.8 Å². The number of rotatable bonds is 31. The van der Waals surface area contributed by atoms with Crippen molar-refractivity contribution < 1.29 is 63.3 Å². The van der Waals surface area contributed by atoms with E-state index in [9.17, 15) is 53.4 Å². The first-order chi connectivity index (χ1) is 50.5. The number of aliphatic hydroxyl groups excluding tert-OH is 2. The Kier molecular flexibility index (Phi) is 27.7. The number of fused-ring (bicyclic) bond motifs is 2. The number of nitrogens with two attached hydrogens (primary N) is 1. The van der Waals surface area contributed by atoms with Crippen LogP contribution in [-0.2, 0) is 38.4 Å². The number of likely N-dealkylation sites (tertiary alicyclic amines) is 2. The third-order valence-corrected chi connectivity index (χ3v) is 29.5. The van der Waals surface area contributed by atoms with Crippen molar-refractivity contribution in [2.75, 3.05) is 13.1 Å². The maximum absolute atomic E-state index is 15.1. The van der Waals surface area contributed by atoms with Crippen LogP contribution in [0.4, 0.5) is 0 Å². The number of halogens is 1. The number of aliphatic hydroxyl groups is 2. The number of nitrogens with zero attached hydrogens (tertiary/aromatic N) is 6. The van der Waals surface area contributed by atoms with Crippen LogP contribution in [0.15, 0.2) is 37.2 Å². The summed E-state index contributed by atoms with van der Waals surface area (Å²) >= 11 is 0. The zero-order valence-electron chi connectivity index (χ0n) is 67.2. The molecule has 12 rings (SSSR count). The van der Waals surface area contributed by atoms with Gasteiger partial charge in [-0.1, -0.05) is 147 Å². The summed E-state index contributed by atoms with van der Waals surface area (Å²) in [4.78, 5) is 155. The van der Waals surface area contributed by atoms with Crippen molar-refractivity contribution in [3.63, 3.8) is 0 Å². The molecule has 10 fully saturated rings. The largest absolute Gasteiger partial charge is 0.476 e. The van der Waals surface area contributed by atoms with E-state index in [2.05, 4.69) is 52.9 Å². The molecule has 8 saturated carbocycles. The second-order valence-electron chi connectivity index (χ2n) is 38.2. The van der Waals surface area contributed by atoms with Crippen LogP contribution < -0.4 is 11.1 Å². The van der Waals surface area contributed by atoms with E-state index in [1.165, 1.54) is 50.0 Å². The quantitative estimate of drug-likeness (QED) is 0.0468. The van der Waals surface area contributed by atoms with E-state index >= 15 is 4.79 Å². The van der Waals surface area contributed by atoms with Crippen LogP contribution in [-0.4, -0.2) is 153 Å². The zero-order valence-corrected chi connectivity index (χ0v) is 68.0. The molecule has 12 atom stereocenters. The molecule has 2 aromatic heterocycles. The number of Topliss-reactive ketones (excluding diaryl/α,β-unsaturated/α-hetero) is 6. The highest BCUT2D eigenvalue weighted by atomic mass is 35.5. The molecule has 21 nitrogen and oxygen atoms in total. The van der Waals surface area contributed by atoms with Crippen LogP contribution in [0, 0.1) is 90.7 Å². The third-order valence-electron chi connectivity index (χ3n) is 29.5. The van der Waals surface area contributed by atoms with Crippen molar-refractivity contribution in [2.45, 2.75) is 325 Å². The lowest BCUT2D eigenvalue weighted by Gasteiger charge is -2.37. The van der Waals surface area contributed by atoms with Gasteiger partial charge in [0.25, 0.3) is 5.91 Å². The Labute approximate surface area is 648 Å². The Balaban J connectivity index is 0.000000223. The first kappa shape index (κ1) is 86.2. The maximum atomic E-state index is 15.1. The van der Waals surface area contributed by atoms with Gasteiger partial charge < -0.3 is 36.2 Å². The lowest BCUT2D eigenvalue weighted by atomic mass is 9.73. The van der Waals surface area contributed by atoms with E-state index in [-0.39, 0.29) is 140 Å². The number of carbonyl (C=O) groups is 10. The topological polar surface area (TPSA) is 327 Å². The number of hydrogen-bond acceptors (Lipinski definition) is 17. The lowest BCUT2D eigenvalue weighted by Crippen LogP contribution is -2.51. The fraction of sp³-hybridized carbons (Fsp3) is 0.791. The Morgan fingerprint density at radius 3 is 1.23 bits per heavy atom. The molecule has 2 saturated heterocycles. The Bertz CT molecular complexity index is 3530. The van der Waals surface area contributed by atoms with Gasteiger partial charge in [-0.2, -0.15) is 0 Å². The predicted octanol–water partition coefficient (Wildman–Crippen LogP) is 13.7. The molecular weight excluding hydrogens is 1390 g/mol. The van der Waals surface area contributed by atoms with Crippen LogP contribution in [0.1, 0.15) is 310 Å². The van der Waals surface area contributed by atoms with Crippen LogP contribution in [0.3, 0.4) is 0 Å². The second-order valence-corrected chi connectivity index (χ2v) is 38.2. The van der Waals surface area contributed by atoms with Crippen molar-refractivity contribution in [2.24, 2.45) is 96.4 Å². The summed E-state index contributed by atoms with van der Waals surface area (Å²) in [5, 5.41) is 33.6. The lowest BCUT2D eigenvalue weighted by molar-refractivity contribution is -0.147. The van der Waals surface area contributed by atoms with Crippen molar-refractivity contribution >= 4 is 70.8 Å². The Hall–Kier alpha value is -5.77. The van der Waals surface area contributed by atoms with Gasteiger partial charge in [-0.15, -0.1) is 12.4 Å². The van der Waals surface area contributed by atoms with Gasteiger partial charge in [-0.05, 0) is 171 Å². The number of nitrogens with one attached hydrogen (secondary N) is 1. The normalized spacial score (nSPS) is 26.5. The molecule has 0 aromatic carbocycles. The number of carboxylic acids is 1. The van der Waals surface area contributed by atoms with Gasteiger partial charge in [0, 0.05) is 99.1 Å². The summed E-state index contributed by atoms with van der Waals surface area (Å²) < 4.78 is 0. The molecule has 22 heteroatoms. The van der Waals surface area contributed by atoms with Crippen LogP contribution >= 0.6 is 12.4 Å². The number of carbonyl (C=O) groups excluding carboxylic acids is 9. The number of ketones is 6. The molecule has 10 aliphatic rings. The summed E-state index contributed by atoms with van der Waals surface area (Å²) in [6, 6.07) is -2.56. The molecule has 3 amide bonds. The van der Waals surface area contributed by atoms with Gasteiger partial charge in [0.2, 0.25) is 11.8 Å². The summed E-state index contributed by atoms with van der Waals surface area (Å²) in [6.45, 7) is 26.3. The zero-order chi connectivity index (χ0) is 78.0. The average molecular weight is 1520 g/mol. The monoisotopic (exact) mass is 1520 g/mol.